The van der Waals surface area contributed by atoms with E-state index in [9.17, 15) is 19.5 Å². The van der Waals surface area contributed by atoms with Gasteiger partial charge in [0.1, 0.15) is 10.6 Å². The van der Waals surface area contributed by atoms with Crippen molar-refractivity contribution in [2.24, 2.45) is 5.73 Å². The molecule has 3 aromatic rings. The zero-order valence-corrected chi connectivity index (χ0v) is 19.0. The Balaban J connectivity index is 1.47. The van der Waals surface area contributed by atoms with Gasteiger partial charge in [-0.1, -0.05) is 0 Å². The molecule has 1 fully saturated rings. The average molecular weight is 489 g/mol. The van der Waals surface area contributed by atoms with Crippen molar-refractivity contribution in [3.05, 3.63) is 45.7 Å². The molecule has 5 N–H and O–H groups in total. The molecule has 0 aliphatic carbocycles. The molecule has 1 atom stereocenters. The molecular formula is C20H20N6O5S2. The summed E-state index contributed by atoms with van der Waals surface area (Å²) in [5.41, 5.74) is 4.78. The van der Waals surface area contributed by atoms with Crippen LogP contribution < -0.4 is 21.3 Å². The Morgan fingerprint density at radius 1 is 1.27 bits per heavy atom. The van der Waals surface area contributed by atoms with Gasteiger partial charge in [0, 0.05) is 24.5 Å². The predicted molar refractivity (Wildman–Crippen MR) is 124 cm³/mol. The summed E-state index contributed by atoms with van der Waals surface area (Å²) >= 11 is 2.44. The molecule has 1 saturated heterocycles. The number of aromatic nitrogens is 2. The number of aliphatic hydroxyl groups is 1. The van der Waals surface area contributed by atoms with E-state index in [1.165, 1.54) is 29.8 Å². The van der Waals surface area contributed by atoms with Crippen molar-refractivity contribution in [3.8, 4) is 0 Å². The molecule has 33 heavy (non-hydrogen) atoms. The number of thiazole rings is 1. The van der Waals surface area contributed by atoms with Crippen molar-refractivity contribution in [2.45, 2.75) is 12.0 Å². The third-order valence-electron chi connectivity index (χ3n) is 5.06. The lowest BCUT2D eigenvalue weighted by Crippen LogP contribution is -2.46. The molecule has 4 rings (SSSR count). The van der Waals surface area contributed by atoms with Gasteiger partial charge in [0.15, 0.2) is 16.6 Å². The van der Waals surface area contributed by atoms with Gasteiger partial charge in [0.25, 0.3) is 11.8 Å². The number of hydrogen-bond acceptors (Lipinski definition) is 11. The van der Waals surface area contributed by atoms with E-state index in [2.05, 4.69) is 20.6 Å². The number of thiophene rings is 1. The molecular weight excluding hydrogens is 468 g/mol. The number of rotatable bonds is 7. The van der Waals surface area contributed by atoms with E-state index in [-0.39, 0.29) is 18.7 Å². The number of β-amino-alcohol motifs (C(OH)–C–C–N with tert-alkyl or cyclic N) is 1. The lowest BCUT2D eigenvalue weighted by molar-refractivity contribution is -0.134. The highest BCUT2D eigenvalue weighted by atomic mass is 32.1. The van der Waals surface area contributed by atoms with E-state index in [1.807, 2.05) is 0 Å². The van der Waals surface area contributed by atoms with E-state index in [4.69, 9.17) is 10.5 Å². The van der Waals surface area contributed by atoms with Crippen molar-refractivity contribution in [2.75, 3.05) is 35.7 Å². The van der Waals surface area contributed by atoms with E-state index in [0.29, 0.717) is 33.7 Å². The van der Waals surface area contributed by atoms with Crippen molar-refractivity contribution >= 4 is 62.8 Å². The van der Waals surface area contributed by atoms with Crippen LogP contribution in [-0.4, -0.2) is 58.7 Å². The first-order chi connectivity index (χ1) is 15.8. The SMILES string of the molecule is COC(=O)c1sccc1Nc1nc(C(=O)Nc2cccnc2N2CCC(O)(C(N)=O)C2)cs1. The number of carbonyl (C=O) groups excluding carboxylic acids is 3. The van der Waals surface area contributed by atoms with Crippen LogP contribution >= 0.6 is 22.7 Å². The lowest BCUT2D eigenvalue weighted by atomic mass is 10.0. The van der Waals surface area contributed by atoms with Crippen molar-refractivity contribution < 1.29 is 24.2 Å². The van der Waals surface area contributed by atoms with Gasteiger partial charge in [-0.05, 0) is 23.6 Å². The number of pyridine rings is 1. The molecule has 2 amide bonds. The van der Waals surface area contributed by atoms with Gasteiger partial charge in [-0.3, -0.25) is 9.59 Å². The molecule has 3 aromatic heterocycles. The molecule has 0 spiro atoms. The second-order valence-electron chi connectivity index (χ2n) is 7.21. The van der Waals surface area contributed by atoms with Crippen molar-refractivity contribution in [1.82, 2.24) is 9.97 Å². The zero-order valence-electron chi connectivity index (χ0n) is 17.4. The maximum absolute atomic E-state index is 12.8. The monoisotopic (exact) mass is 488 g/mol. The molecule has 11 nitrogen and oxygen atoms in total. The Morgan fingerprint density at radius 3 is 2.82 bits per heavy atom. The number of esters is 1. The molecule has 4 heterocycles. The number of ether oxygens (including phenoxy) is 1. The highest BCUT2D eigenvalue weighted by molar-refractivity contribution is 7.14. The summed E-state index contributed by atoms with van der Waals surface area (Å²) in [6.45, 7) is 0.337. The Morgan fingerprint density at radius 2 is 2.09 bits per heavy atom. The van der Waals surface area contributed by atoms with Crippen LogP contribution in [0.3, 0.4) is 0 Å². The van der Waals surface area contributed by atoms with Crippen LogP contribution in [0.25, 0.3) is 0 Å². The number of anilines is 4. The van der Waals surface area contributed by atoms with Crippen LogP contribution in [0.4, 0.5) is 22.3 Å². The van der Waals surface area contributed by atoms with E-state index in [1.54, 1.807) is 40.1 Å². The second-order valence-corrected chi connectivity index (χ2v) is 8.99. The molecule has 13 heteroatoms. The fourth-order valence-electron chi connectivity index (χ4n) is 3.32. The predicted octanol–water partition coefficient (Wildman–Crippen LogP) is 1.81. The first-order valence-corrected chi connectivity index (χ1v) is 11.5. The van der Waals surface area contributed by atoms with Crippen LogP contribution in [0.2, 0.25) is 0 Å². The number of nitrogens with two attached hydrogens (primary N) is 1. The first-order valence-electron chi connectivity index (χ1n) is 9.72. The summed E-state index contributed by atoms with van der Waals surface area (Å²) in [5.74, 6) is -1.31. The minimum absolute atomic E-state index is 0.0177. The normalized spacial score (nSPS) is 17.6. The molecule has 0 saturated carbocycles. The van der Waals surface area contributed by atoms with Crippen LogP contribution in [0.15, 0.2) is 35.2 Å². The van der Waals surface area contributed by atoms with Gasteiger partial charge >= 0.3 is 5.97 Å². The van der Waals surface area contributed by atoms with Gasteiger partial charge < -0.3 is 31.1 Å². The van der Waals surface area contributed by atoms with E-state index in [0.717, 1.165) is 0 Å². The lowest BCUT2D eigenvalue weighted by Gasteiger charge is -2.22. The minimum Gasteiger partial charge on any atom is -0.465 e. The number of carbonyl (C=O) groups is 3. The molecule has 172 valence electrons. The number of amides is 2. The van der Waals surface area contributed by atoms with Gasteiger partial charge in [-0.15, -0.1) is 22.7 Å². The maximum atomic E-state index is 12.8. The highest BCUT2D eigenvalue weighted by Gasteiger charge is 2.42. The summed E-state index contributed by atoms with van der Waals surface area (Å²) < 4.78 is 4.76. The van der Waals surface area contributed by atoms with Crippen molar-refractivity contribution in [3.63, 3.8) is 0 Å². The zero-order chi connectivity index (χ0) is 23.6. The summed E-state index contributed by atoms with van der Waals surface area (Å²) in [6.07, 6.45) is 1.72. The number of nitrogens with zero attached hydrogens (tertiary/aromatic N) is 3. The second kappa shape index (κ2) is 9.13. The molecule has 1 aliphatic heterocycles. The number of methoxy groups -OCH3 is 1. The van der Waals surface area contributed by atoms with Crippen LogP contribution in [-0.2, 0) is 9.53 Å². The van der Waals surface area contributed by atoms with Gasteiger partial charge in [-0.25, -0.2) is 14.8 Å². The standard InChI is InChI=1S/C20H20N6O5S2/c1-31-17(28)14-11(4-8-32-14)24-19-25-13(9-33-19)16(27)23-12-3-2-6-22-15(12)26-7-5-20(30,10-26)18(21)29/h2-4,6,8-9,30H,5,7,10H2,1H3,(H2,21,29)(H,23,27)(H,24,25). The smallest absolute Gasteiger partial charge is 0.350 e. The summed E-state index contributed by atoms with van der Waals surface area (Å²) in [4.78, 5) is 46.9. The quantitative estimate of drug-likeness (QED) is 0.364. The van der Waals surface area contributed by atoms with Crippen LogP contribution in [0, 0.1) is 0 Å². The largest absolute Gasteiger partial charge is 0.465 e. The summed E-state index contributed by atoms with van der Waals surface area (Å²) in [5, 5.41) is 19.9. The van der Waals surface area contributed by atoms with Crippen molar-refractivity contribution in [1.29, 1.82) is 0 Å². The average Bonchev–Trinajstić information content (AvgIpc) is 3.54. The molecule has 1 aliphatic rings. The molecule has 0 aromatic carbocycles. The fourth-order valence-corrected chi connectivity index (χ4v) is 4.79. The van der Waals surface area contributed by atoms with Gasteiger partial charge in [0.2, 0.25) is 0 Å². The Labute approximate surface area is 196 Å². The number of nitrogens with one attached hydrogen (secondary N) is 2. The van der Waals surface area contributed by atoms with Gasteiger partial charge in [0.05, 0.1) is 25.0 Å². The van der Waals surface area contributed by atoms with E-state index < -0.39 is 23.4 Å². The summed E-state index contributed by atoms with van der Waals surface area (Å²) in [6, 6.07) is 5.05. The van der Waals surface area contributed by atoms with Crippen LogP contribution in [0.1, 0.15) is 26.6 Å². The third-order valence-corrected chi connectivity index (χ3v) is 6.71. The number of primary amides is 1. The fraction of sp³-hybridized carbons (Fsp3) is 0.250. The van der Waals surface area contributed by atoms with Crippen LogP contribution in [0.5, 0.6) is 0 Å². The topological polar surface area (TPSA) is 160 Å². The third kappa shape index (κ3) is 4.65. The number of hydrogen-bond donors (Lipinski definition) is 4. The summed E-state index contributed by atoms with van der Waals surface area (Å²) in [7, 11) is 1.31. The Kier molecular flexibility index (Phi) is 6.26. The minimum atomic E-state index is -1.64. The Hall–Kier alpha value is -3.55. The first kappa shape index (κ1) is 22.6. The van der Waals surface area contributed by atoms with Gasteiger partial charge in [-0.2, -0.15) is 0 Å². The maximum Gasteiger partial charge on any atom is 0.350 e. The Bertz CT molecular complexity index is 1210. The molecule has 0 radical (unpaired) electrons. The molecule has 0 bridgehead atoms. The highest BCUT2D eigenvalue weighted by Crippen LogP contribution is 2.31. The molecule has 1 unspecified atom stereocenters. The van der Waals surface area contributed by atoms with E-state index >= 15 is 0 Å².